The van der Waals surface area contributed by atoms with E-state index < -0.39 is 0 Å². The molecule has 0 atom stereocenters. The van der Waals surface area contributed by atoms with Gasteiger partial charge in [0.15, 0.2) is 0 Å². The topological polar surface area (TPSA) is 22.1 Å². The van der Waals surface area contributed by atoms with Gasteiger partial charge in [0.25, 0.3) is 0 Å². The molecular weight excluding hydrogens is 150 g/mol. The SMILES string of the molecule is COc1cc(C)c(C2CC2)cn1. The van der Waals surface area contributed by atoms with Gasteiger partial charge in [-0.1, -0.05) is 0 Å². The van der Waals surface area contributed by atoms with E-state index in [0.717, 1.165) is 11.8 Å². The first-order chi connectivity index (χ1) is 5.81. The molecule has 0 aromatic carbocycles. The zero-order valence-electron chi connectivity index (χ0n) is 7.50. The third-order valence-electron chi connectivity index (χ3n) is 2.35. The molecule has 64 valence electrons. The van der Waals surface area contributed by atoms with Gasteiger partial charge in [0.1, 0.15) is 0 Å². The van der Waals surface area contributed by atoms with E-state index in [-0.39, 0.29) is 0 Å². The van der Waals surface area contributed by atoms with Crippen LogP contribution in [0.3, 0.4) is 0 Å². The minimum absolute atomic E-state index is 0.719. The summed E-state index contributed by atoms with van der Waals surface area (Å²) in [7, 11) is 1.65. The van der Waals surface area contributed by atoms with E-state index >= 15 is 0 Å². The van der Waals surface area contributed by atoms with Gasteiger partial charge in [0.2, 0.25) is 5.88 Å². The number of ether oxygens (including phenoxy) is 1. The normalized spacial score (nSPS) is 16.2. The largest absolute Gasteiger partial charge is 0.481 e. The van der Waals surface area contributed by atoms with Crippen LogP contribution in [0, 0.1) is 6.92 Å². The summed E-state index contributed by atoms with van der Waals surface area (Å²) in [5.74, 6) is 1.50. The first-order valence-corrected chi connectivity index (χ1v) is 4.32. The Kier molecular flexibility index (Phi) is 1.75. The Morgan fingerprint density at radius 3 is 2.75 bits per heavy atom. The van der Waals surface area contributed by atoms with Crippen LogP contribution in [0.1, 0.15) is 29.9 Å². The van der Waals surface area contributed by atoms with Gasteiger partial charge in [-0.3, -0.25) is 0 Å². The Morgan fingerprint density at radius 1 is 1.50 bits per heavy atom. The minimum Gasteiger partial charge on any atom is -0.481 e. The van der Waals surface area contributed by atoms with Crippen molar-refractivity contribution in [2.45, 2.75) is 25.7 Å². The molecule has 1 aliphatic carbocycles. The number of rotatable bonds is 2. The predicted octanol–water partition coefficient (Wildman–Crippen LogP) is 2.28. The number of hydrogen-bond donors (Lipinski definition) is 0. The predicted molar refractivity (Wildman–Crippen MR) is 47.5 cm³/mol. The summed E-state index contributed by atoms with van der Waals surface area (Å²) < 4.78 is 5.04. The molecule has 0 amide bonds. The lowest BCUT2D eigenvalue weighted by Crippen LogP contribution is -1.92. The third kappa shape index (κ3) is 1.29. The van der Waals surface area contributed by atoms with Crippen LogP contribution in [0.15, 0.2) is 12.3 Å². The summed E-state index contributed by atoms with van der Waals surface area (Å²) in [6.07, 6.45) is 4.61. The molecule has 1 heterocycles. The second kappa shape index (κ2) is 2.77. The van der Waals surface area contributed by atoms with Crippen molar-refractivity contribution >= 4 is 0 Å². The van der Waals surface area contributed by atoms with Crippen molar-refractivity contribution in [3.8, 4) is 5.88 Å². The summed E-state index contributed by atoms with van der Waals surface area (Å²) in [4.78, 5) is 4.20. The van der Waals surface area contributed by atoms with Crippen LogP contribution >= 0.6 is 0 Å². The molecule has 1 aromatic heterocycles. The lowest BCUT2D eigenvalue weighted by molar-refractivity contribution is 0.397. The van der Waals surface area contributed by atoms with Gasteiger partial charge in [-0.25, -0.2) is 4.98 Å². The van der Waals surface area contributed by atoms with E-state index in [0.29, 0.717) is 0 Å². The fourth-order valence-electron chi connectivity index (χ4n) is 1.47. The average molecular weight is 163 g/mol. The first-order valence-electron chi connectivity index (χ1n) is 4.32. The van der Waals surface area contributed by atoms with E-state index in [1.165, 1.54) is 24.0 Å². The van der Waals surface area contributed by atoms with Crippen molar-refractivity contribution in [1.29, 1.82) is 0 Å². The molecule has 0 spiro atoms. The third-order valence-corrected chi connectivity index (χ3v) is 2.35. The van der Waals surface area contributed by atoms with Crippen LogP contribution in [0.5, 0.6) is 5.88 Å². The van der Waals surface area contributed by atoms with Crippen molar-refractivity contribution < 1.29 is 4.74 Å². The Balaban J connectivity index is 2.32. The molecule has 1 fully saturated rings. The maximum Gasteiger partial charge on any atom is 0.213 e. The van der Waals surface area contributed by atoms with Crippen LogP contribution < -0.4 is 4.74 Å². The van der Waals surface area contributed by atoms with Gasteiger partial charge in [0, 0.05) is 12.3 Å². The van der Waals surface area contributed by atoms with Gasteiger partial charge in [-0.2, -0.15) is 0 Å². The van der Waals surface area contributed by atoms with Crippen molar-refractivity contribution in [3.63, 3.8) is 0 Å². The quantitative estimate of drug-likeness (QED) is 0.667. The van der Waals surface area contributed by atoms with Crippen LogP contribution in [0.2, 0.25) is 0 Å². The number of nitrogens with zero attached hydrogens (tertiary/aromatic N) is 1. The average Bonchev–Trinajstić information content (AvgIpc) is 2.87. The number of pyridine rings is 1. The van der Waals surface area contributed by atoms with Crippen LogP contribution in [-0.2, 0) is 0 Å². The molecule has 2 nitrogen and oxygen atoms in total. The van der Waals surface area contributed by atoms with E-state index in [4.69, 9.17) is 4.74 Å². The first kappa shape index (κ1) is 7.59. The molecule has 2 rings (SSSR count). The highest BCUT2D eigenvalue weighted by Crippen LogP contribution is 2.41. The van der Waals surface area contributed by atoms with Gasteiger partial charge >= 0.3 is 0 Å². The molecule has 1 saturated carbocycles. The van der Waals surface area contributed by atoms with Crippen LogP contribution in [0.25, 0.3) is 0 Å². The Morgan fingerprint density at radius 2 is 2.25 bits per heavy atom. The number of hydrogen-bond acceptors (Lipinski definition) is 2. The van der Waals surface area contributed by atoms with E-state index in [1.807, 2.05) is 12.3 Å². The highest BCUT2D eigenvalue weighted by molar-refractivity contribution is 5.33. The van der Waals surface area contributed by atoms with Crippen molar-refractivity contribution in [1.82, 2.24) is 4.98 Å². The van der Waals surface area contributed by atoms with E-state index in [9.17, 15) is 0 Å². The molecule has 0 radical (unpaired) electrons. The van der Waals surface area contributed by atoms with E-state index in [2.05, 4.69) is 11.9 Å². The minimum atomic E-state index is 0.719. The maximum absolute atomic E-state index is 5.04. The number of aryl methyl sites for hydroxylation is 1. The zero-order valence-corrected chi connectivity index (χ0v) is 7.50. The Labute approximate surface area is 72.6 Å². The summed E-state index contributed by atoms with van der Waals surface area (Å²) in [5, 5.41) is 0. The lowest BCUT2D eigenvalue weighted by Gasteiger charge is -2.04. The molecule has 12 heavy (non-hydrogen) atoms. The molecule has 0 saturated heterocycles. The van der Waals surface area contributed by atoms with Gasteiger partial charge in [-0.05, 0) is 36.8 Å². The van der Waals surface area contributed by atoms with E-state index in [1.54, 1.807) is 7.11 Å². The maximum atomic E-state index is 5.04. The highest BCUT2D eigenvalue weighted by Gasteiger charge is 2.25. The molecule has 1 aliphatic rings. The van der Waals surface area contributed by atoms with Gasteiger partial charge < -0.3 is 4.74 Å². The summed E-state index contributed by atoms with van der Waals surface area (Å²) >= 11 is 0. The van der Waals surface area contributed by atoms with Crippen LogP contribution in [-0.4, -0.2) is 12.1 Å². The van der Waals surface area contributed by atoms with Crippen molar-refractivity contribution in [3.05, 3.63) is 23.4 Å². The Hall–Kier alpha value is -1.05. The summed E-state index contributed by atoms with van der Waals surface area (Å²) in [5.41, 5.74) is 2.71. The van der Waals surface area contributed by atoms with Gasteiger partial charge in [-0.15, -0.1) is 0 Å². The smallest absolute Gasteiger partial charge is 0.213 e. The fourth-order valence-corrected chi connectivity index (χ4v) is 1.47. The van der Waals surface area contributed by atoms with Crippen molar-refractivity contribution in [2.75, 3.05) is 7.11 Å². The molecule has 0 N–H and O–H groups in total. The number of methoxy groups -OCH3 is 1. The second-order valence-corrected chi connectivity index (χ2v) is 3.36. The number of aromatic nitrogens is 1. The fraction of sp³-hybridized carbons (Fsp3) is 0.500. The zero-order chi connectivity index (χ0) is 8.55. The Bertz CT molecular complexity index is 292. The lowest BCUT2D eigenvalue weighted by atomic mass is 10.1. The molecule has 2 heteroatoms. The standard InChI is InChI=1S/C10H13NO/c1-7-5-10(12-2)11-6-9(7)8-3-4-8/h5-6,8H,3-4H2,1-2H3. The molecule has 0 unspecified atom stereocenters. The summed E-state index contributed by atoms with van der Waals surface area (Å²) in [6, 6.07) is 2.01. The monoisotopic (exact) mass is 163 g/mol. The molecular formula is C10H13NO. The summed E-state index contributed by atoms with van der Waals surface area (Å²) in [6.45, 7) is 2.12. The van der Waals surface area contributed by atoms with Crippen molar-refractivity contribution in [2.24, 2.45) is 0 Å². The molecule has 1 aromatic rings. The van der Waals surface area contributed by atoms with Gasteiger partial charge in [0.05, 0.1) is 7.11 Å². The molecule has 0 aliphatic heterocycles. The highest BCUT2D eigenvalue weighted by atomic mass is 16.5. The van der Waals surface area contributed by atoms with Crippen LogP contribution in [0.4, 0.5) is 0 Å². The second-order valence-electron chi connectivity index (χ2n) is 3.36. The molecule has 0 bridgehead atoms.